The molecule has 118 valence electrons. The zero-order valence-corrected chi connectivity index (χ0v) is 12.9. The third kappa shape index (κ3) is 5.80. The third-order valence-corrected chi connectivity index (χ3v) is 4.14. The third-order valence-electron chi connectivity index (χ3n) is 2.66. The van der Waals surface area contributed by atoms with Crippen molar-refractivity contribution in [2.45, 2.75) is 4.90 Å². The Labute approximate surface area is 124 Å². The van der Waals surface area contributed by atoms with E-state index in [1.165, 1.54) is 31.4 Å². The van der Waals surface area contributed by atoms with Gasteiger partial charge < -0.3 is 14.8 Å². The Hall–Kier alpha value is -1.48. The quantitative estimate of drug-likeness (QED) is 0.491. The van der Waals surface area contributed by atoms with Gasteiger partial charge in [-0.1, -0.05) is 0 Å². The maximum Gasteiger partial charge on any atom is 0.337 e. The van der Waals surface area contributed by atoms with Gasteiger partial charge in [-0.15, -0.1) is 0 Å². The van der Waals surface area contributed by atoms with Gasteiger partial charge in [0, 0.05) is 26.7 Å². The van der Waals surface area contributed by atoms with E-state index >= 15 is 0 Å². The van der Waals surface area contributed by atoms with Gasteiger partial charge in [-0.25, -0.2) is 17.9 Å². The SMILES string of the molecule is COCCNCCNS(=O)(=O)c1ccc(C(=O)OC)cc1. The van der Waals surface area contributed by atoms with E-state index in [-0.39, 0.29) is 11.4 Å². The molecule has 0 aliphatic rings. The lowest BCUT2D eigenvalue weighted by Crippen LogP contribution is -2.33. The second kappa shape index (κ2) is 8.73. The second-order valence-electron chi connectivity index (χ2n) is 4.16. The number of esters is 1. The van der Waals surface area contributed by atoms with Gasteiger partial charge in [-0.05, 0) is 24.3 Å². The predicted octanol–water partition coefficient (Wildman–Crippen LogP) is -0.0125. The molecule has 2 N–H and O–H groups in total. The van der Waals surface area contributed by atoms with E-state index in [1.807, 2.05) is 0 Å². The number of carbonyl (C=O) groups is 1. The molecule has 0 heterocycles. The maximum absolute atomic E-state index is 12.0. The van der Waals surface area contributed by atoms with Gasteiger partial charge >= 0.3 is 5.97 Å². The Morgan fingerprint density at radius 1 is 1.10 bits per heavy atom. The molecule has 0 saturated carbocycles. The Morgan fingerprint density at radius 2 is 1.76 bits per heavy atom. The van der Waals surface area contributed by atoms with Crippen LogP contribution < -0.4 is 10.0 Å². The molecule has 0 saturated heterocycles. The van der Waals surface area contributed by atoms with Gasteiger partial charge in [0.2, 0.25) is 10.0 Å². The van der Waals surface area contributed by atoms with Crippen LogP contribution in [0, 0.1) is 0 Å². The highest BCUT2D eigenvalue weighted by Crippen LogP contribution is 2.10. The van der Waals surface area contributed by atoms with Crippen molar-refractivity contribution in [2.24, 2.45) is 0 Å². The molecule has 1 aromatic carbocycles. The number of hydrogen-bond acceptors (Lipinski definition) is 6. The van der Waals surface area contributed by atoms with Crippen molar-refractivity contribution in [2.75, 3.05) is 40.5 Å². The summed E-state index contributed by atoms with van der Waals surface area (Å²) < 4.78 is 35.9. The summed E-state index contributed by atoms with van der Waals surface area (Å²) in [6.45, 7) is 2.00. The van der Waals surface area contributed by atoms with Gasteiger partial charge in [-0.2, -0.15) is 0 Å². The highest BCUT2D eigenvalue weighted by atomic mass is 32.2. The summed E-state index contributed by atoms with van der Waals surface area (Å²) in [6, 6.07) is 5.56. The van der Waals surface area contributed by atoms with Crippen LogP contribution in [0.4, 0.5) is 0 Å². The van der Waals surface area contributed by atoms with Crippen LogP contribution in [0.3, 0.4) is 0 Å². The normalized spacial score (nSPS) is 11.3. The topological polar surface area (TPSA) is 93.7 Å². The molecular weight excluding hydrogens is 296 g/mol. The van der Waals surface area contributed by atoms with Crippen LogP contribution in [0.15, 0.2) is 29.2 Å². The van der Waals surface area contributed by atoms with E-state index in [0.29, 0.717) is 25.3 Å². The number of carbonyl (C=O) groups excluding carboxylic acids is 1. The van der Waals surface area contributed by atoms with E-state index < -0.39 is 16.0 Å². The molecule has 0 aromatic heterocycles. The highest BCUT2D eigenvalue weighted by molar-refractivity contribution is 7.89. The first-order chi connectivity index (χ1) is 10.0. The van der Waals surface area contributed by atoms with Crippen LogP contribution in [-0.2, 0) is 19.5 Å². The van der Waals surface area contributed by atoms with Crippen LogP contribution in [0.2, 0.25) is 0 Å². The van der Waals surface area contributed by atoms with Gasteiger partial charge in [0.05, 0.1) is 24.2 Å². The molecule has 7 nitrogen and oxygen atoms in total. The van der Waals surface area contributed by atoms with Gasteiger partial charge in [0.25, 0.3) is 0 Å². The molecule has 1 rings (SSSR count). The summed E-state index contributed by atoms with van der Waals surface area (Å²) in [5.74, 6) is -0.505. The summed E-state index contributed by atoms with van der Waals surface area (Å²) in [6.07, 6.45) is 0. The average Bonchev–Trinajstić information content (AvgIpc) is 2.50. The molecule has 8 heteroatoms. The summed E-state index contributed by atoms with van der Waals surface area (Å²) in [7, 11) is -0.707. The standard InChI is InChI=1S/C13H20N2O5S/c1-19-10-9-14-7-8-15-21(17,18)12-5-3-11(4-6-12)13(16)20-2/h3-6,14-15H,7-10H2,1-2H3. The Morgan fingerprint density at radius 3 is 2.33 bits per heavy atom. The van der Waals surface area contributed by atoms with Crippen molar-refractivity contribution >= 4 is 16.0 Å². The number of ether oxygens (including phenoxy) is 2. The van der Waals surface area contributed by atoms with Crippen molar-refractivity contribution < 1.29 is 22.7 Å². The van der Waals surface area contributed by atoms with Crippen LogP contribution >= 0.6 is 0 Å². The largest absolute Gasteiger partial charge is 0.465 e. The van der Waals surface area contributed by atoms with Gasteiger partial charge in [0.15, 0.2) is 0 Å². The number of sulfonamides is 1. The van der Waals surface area contributed by atoms with Crippen molar-refractivity contribution in [3.63, 3.8) is 0 Å². The molecule has 0 aliphatic carbocycles. The smallest absolute Gasteiger partial charge is 0.337 e. The number of rotatable bonds is 9. The van der Waals surface area contributed by atoms with Gasteiger partial charge in [0.1, 0.15) is 0 Å². The lowest BCUT2D eigenvalue weighted by molar-refractivity contribution is 0.0600. The molecule has 0 radical (unpaired) electrons. The van der Waals surface area contributed by atoms with Crippen molar-refractivity contribution in [3.05, 3.63) is 29.8 Å². The molecular formula is C13H20N2O5S. The number of hydrogen-bond donors (Lipinski definition) is 2. The van der Waals surface area contributed by atoms with Crippen LogP contribution in [0.5, 0.6) is 0 Å². The van der Waals surface area contributed by atoms with E-state index in [1.54, 1.807) is 7.11 Å². The Kier molecular flexibility index (Phi) is 7.30. The number of methoxy groups -OCH3 is 2. The molecule has 0 spiro atoms. The molecule has 0 atom stereocenters. The minimum Gasteiger partial charge on any atom is -0.465 e. The molecule has 0 bridgehead atoms. The monoisotopic (exact) mass is 316 g/mol. The first-order valence-corrected chi connectivity index (χ1v) is 7.87. The summed E-state index contributed by atoms with van der Waals surface area (Å²) >= 11 is 0. The van der Waals surface area contributed by atoms with Crippen LogP contribution in [-0.4, -0.2) is 54.8 Å². The second-order valence-corrected chi connectivity index (χ2v) is 5.92. The molecule has 1 aromatic rings. The van der Waals surface area contributed by atoms with Crippen LogP contribution in [0.25, 0.3) is 0 Å². The zero-order chi connectivity index (χ0) is 15.7. The lowest BCUT2D eigenvalue weighted by Gasteiger charge is -2.08. The minimum atomic E-state index is -3.58. The first kappa shape index (κ1) is 17.6. The molecule has 0 unspecified atom stereocenters. The van der Waals surface area contributed by atoms with E-state index in [2.05, 4.69) is 14.8 Å². The first-order valence-electron chi connectivity index (χ1n) is 6.39. The summed E-state index contributed by atoms with van der Waals surface area (Å²) in [5.41, 5.74) is 0.303. The fraction of sp³-hybridized carbons (Fsp3) is 0.462. The van der Waals surface area contributed by atoms with E-state index in [9.17, 15) is 13.2 Å². The van der Waals surface area contributed by atoms with Crippen molar-refractivity contribution in [1.82, 2.24) is 10.0 Å². The van der Waals surface area contributed by atoms with E-state index in [0.717, 1.165) is 0 Å². The van der Waals surface area contributed by atoms with Gasteiger partial charge in [-0.3, -0.25) is 0 Å². The average molecular weight is 316 g/mol. The number of nitrogens with one attached hydrogen (secondary N) is 2. The van der Waals surface area contributed by atoms with E-state index in [4.69, 9.17) is 4.74 Å². The molecule has 21 heavy (non-hydrogen) atoms. The molecule has 0 aliphatic heterocycles. The van der Waals surface area contributed by atoms with Crippen LogP contribution in [0.1, 0.15) is 10.4 Å². The fourth-order valence-electron chi connectivity index (χ4n) is 1.54. The molecule has 0 amide bonds. The Balaban J connectivity index is 2.52. The summed E-state index contributed by atoms with van der Waals surface area (Å²) in [5, 5.41) is 3.03. The lowest BCUT2D eigenvalue weighted by atomic mass is 10.2. The fourth-order valence-corrected chi connectivity index (χ4v) is 2.58. The minimum absolute atomic E-state index is 0.104. The Bertz CT molecular complexity index is 542. The summed E-state index contributed by atoms with van der Waals surface area (Å²) in [4.78, 5) is 11.4. The zero-order valence-electron chi connectivity index (χ0n) is 12.1. The number of benzene rings is 1. The molecule has 0 fully saturated rings. The van der Waals surface area contributed by atoms with Crippen molar-refractivity contribution in [3.8, 4) is 0 Å². The maximum atomic E-state index is 12.0. The van der Waals surface area contributed by atoms with Crippen molar-refractivity contribution in [1.29, 1.82) is 0 Å². The predicted molar refractivity (Wildman–Crippen MR) is 77.7 cm³/mol. The highest BCUT2D eigenvalue weighted by Gasteiger charge is 2.14.